The quantitative estimate of drug-likeness (QED) is 0.331. The summed E-state index contributed by atoms with van der Waals surface area (Å²) in [5.74, 6) is -0.159. The lowest BCUT2D eigenvalue weighted by molar-refractivity contribution is -0.384. The molecule has 2 aromatic rings. The van der Waals surface area contributed by atoms with E-state index in [1.807, 2.05) is 0 Å². The Balaban J connectivity index is 1.95. The average Bonchev–Trinajstić information content (AvgIpc) is 2.53. The van der Waals surface area contributed by atoms with Crippen LogP contribution in [0.25, 0.3) is 0 Å². The van der Waals surface area contributed by atoms with Gasteiger partial charge in [-0.3, -0.25) is 19.4 Å². The standard InChI is InChI=1S/C15H14NO6P/c1-23(20,21-11-15(17)12-5-3-2-4-6-12)22-14-9-7-13(8-10-14)16(18)19/h2-10H,11H2,1H3/t23-/m0/s1. The van der Waals surface area contributed by atoms with Gasteiger partial charge in [-0.25, -0.2) is 4.57 Å². The molecule has 0 heterocycles. The van der Waals surface area contributed by atoms with Gasteiger partial charge in [-0.15, -0.1) is 0 Å². The van der Waals surface area contributed by atoms with E-state index in [0.717, 1.165) is 0 Å². The minimum absolute atomic E-state index is 0.108. The molecular weight excluding hydrogens is 321 g/mol. The summed E-state index contributed by atoms with van der Waals surface area (Å²) >= 11 is 0. The van der Waals surface area contributed by atoms with Gasteiger partial charge in [0.15, 0.2) is 5.78 Å². The zero-order valence-electron chi connectivity index (χ0n) is 12.2. The van der Waals surface area contributed by atoms with E-state index in [0.29, 0.717) is 5.56 Å². The van der Waals surface area contributed by atoms with Gasteiger partial charge in [-0.05, 0) is 12.1 Å². The summed E-state index contributed by atoms with van der Waals surface area (Å²) < 4.78 is 22.5. The summed E-state index contributed by atoms with van der Waals surface area (Å²) in [5.41, 5.74) is 0.339. The lowest BCUT2D eigenvalue weighted by Crippen LogP contribution is -2.09. The Morgan fingerprint density at radius 3 is 2.30 bits per heavy atom. The van der Waals surface area contributed by atoms with Crippen molar-refractivity contribution in [1.82, 2.24) is 0 Å². The second-order valence-electron chi connectivity index (χ2n) is 4.68. The van der Waals surface area contributed by atoms with Crippen LogP contribution in [0, 0.1) is 10.1 Å². The maximum atomic E-state index is 12.2. The second kappa shape index (κ2) is 7.17. The average molecular weight is 335 g/mol. The first-order valence-corrected chi connectivity index (χ1v) is 8.61. The fraction of sp³-hybridized carbons (Fsp3) is 0.133. The molecule has 0 amide bonds. The number of nitrogens with zero attached hydrogens (tertiary/aromatic N) is 1. The van der Waals surface area contributed by atoms with Gasteiger partial charge < -0.3 is 4.52 Å². The van der Waals surface area contributed by atoms with Crippen LogP contribution >= 0.6 is 7.60 Å². The maximum Gasteiger partial charge on any atom is 0.376 e. The predicted molar refractivity (Wildman–Crippen MR) is 84.0 cm³/mol. The van der Waals surface area contributed by atoms with Gasteiger partial charge in [0.25, 0.3) is 5.69 Å². The molecular formula is C15H14NO6P. The molecule has 7 nitrogen and oxygen atoms in total. The van der Waals surface area contributed by atoms with E-state index in [1.54, 1.807) is 30.3 Å². The zero-order chi connectivity index (χ0) is 16.9. The molecule has 2 aromatic carbocycles. The molecule has 0 fully saturated rings. The van der Waals surface area contributed by atoms with Gasteiger partial charge in [0.2, 0.25) is 0 Å². The van der Waals surface area contributed by atoms with Crippen LogP contribution in [0.5, 0.6) is 5.75 Å². The largest absolute Gasteiger partial charge is 0.425 e. The molecule has 1 atom stereocenters. The first kappa shape index (κ1) is 16.9. The minimum atomic E-state index is -3.52. The molecule has 0 aliphatic rings. The van der Waals surface area contributed by atoms with Crippen LogP contribution in [0.15, 0.2) is 54.6 Å². The van der Waals surface area contributed by atoms with Gasteiger partial charge in [-0.2, -0.15) is 0 Å². The van der Waals surface area contributed by atoms with Crippen LogP contribution in [0.2, 0.25) is 0 Å². The zero-order valence-corrected chi connectivity index (χ0v) is 13.1. The third kappa shape index (κ3) is 5.02. The number of Topliss-reactive ketones (excluding diaryl/α,β-unsaturated/α-hetero) is 1. The number of carbonyl (C=O) groups is 1. The monoisotopic (exact) mass is 335 g/mol. The molecule has 0 radical (unpaired) electrons. The Morgan fingerprint density at radius 2 is 1.74 bits per heavy atom. The van der Waals surface area contributed by atoms with Crippen LogP contribution < -0.4 is 4.52 Å². The van der Waals surface area contributed by atoms with E-state index >= 15 is 0 Å². The van der Waals surface area contributed by atoms with Crippen molar-refractivity contribution in [2.24, 2.45) is 0 Å². The van der Waals surface area contributed by atoms with Crippen LogP contribution in [0.3, 0.4) is 0 Å². The van der Waals surface area contributed by atoms with E-state index in [2.05, 4.69) is 0 Å². The molecule has 23 heavy (non-hydrogen) atoms. The number of hydrogen-bond donors (Lipinski definition) is 0. The Morgan fingerprint density at radius 1 is 1.13 bits per heavy atom. The molecule has 2 rings (SSSR count). The third-order valence-corrected chi connectivity index (χ3v) is 3.99. The van der Waals surface area contributed by atoms with Gasteiger partial charge in [0, 0.05) is 24.4 Å². The van der Waals surface area contributed by atoms with Crippen LogP contribution in [0.4, 0.5) is 5.69 Å². The summed E-state index contributed by atoms with van der Waals surface area (Å²) in [7, 11) is -3.52. The smallest absolute Gasteiger partial charge is 0.376 e. The number of nitro groups is 1. The number of benzene rings is 2. The minimum Gasteiger partial charge on any atom is -0.425 e. The fourth-order valence-electron chi connectivity index (χ4n) is 1.73. The molecule has 120 valence electrons. The van der Waals surface area contributed by atoms with E-state index in [4.69, 9.17) is 9.05 Å². The highest BCUT2D eigenvalue weighted by Crippen LogP contribution is 2.44. The van der Waals surface area contributed by atoms with Crippen molar-refractivity contribution in [3.05, 3.63) is 70.3 Å². The first-order valence-electron chi connectivity index (χ1n) is 6.62. The molecule has 0 aliphatic heterocycles. The number of ketones is 1. The van der Waals surface area contributed by atoms with Crippen molar-refractivity contribution in [2.45, 2.75) is 0 Å². The fourth-order valence-corrected chi connectivity index (χ4v) is 2.64. The summed E-state index contributed by atoms with van der Waals surface area (Å²) in [5, 5.41) is 10.6. The predicted octanol–water partition coefficient (Wildman–Crippen LogP) is 3.70. The van der Waals surface area contributed by atoms with Crippen LogP contribution in [-0.2, 0) is 9.09 Å². The van der Waals surface area contributed by atoms with Gasteiger partial charge in [-0.1, -0.05) is 30.3 Å². The SMILES string of the molecule is C[P@](=O)(OCC(=O)c1ccccc1)Oc1ccc([N+](=O)[O-])cc1. The van der Waals surface area contributed by atoms with Gasteiger partial charge in [0.05, 0.1) is 4.92 Å². The Labute approximate surface area is 132 Å². The van der Waals surface area contributed by atoms with E-state index in [9.17, 15) is 19.5 Å². The lowest BCUT2D eigenvalue weighted by Gasteiger charge is -2.14. The molecule has 0 N–H and O–H groups in total. The number of hydrogen-bond acceptors (Lipinski definition) is 6. The Hall–Kier alpha value is -2.50. The molecule has 0 saturated carbocycles. The van der Waals surface area contributed by atoms with Gasteiger partial charge >= 0.3 is 7.60 Å². The van der Waals surface area contributed by atoms with E-state index in [-0.39, 0.29) is 23.8 Å². The highest BCUT2D eigenvalue weighted by Gasteiger charge is 2.21. The molecule has 0 aliphatic carbocycles. The van der Waals surface area contributed by atoms with E-state index < -0.39 is 12.5 Å². The van der Waals surface area contributed by atoms with Crippen molar-refractivity contribution in [3.8, 4) is 5.75 Å². The summed E-state index contributed by atoms with van der Waals surface area (Å²) in [6, 6.07) is 13.5. The number of nitro benzene ring substituents is 1. The topological polar surface area (TPSA) is 95.7 Å². The van der Waals surface area contributed by atoms with Crippen molar-refractivity contribution >= 4 is 19.1 Å². The third-order valence-electron chi connectivity index (χ3n) is 2.84. The van der Waals surface area contributed by atoms with Crippen molar-refractivity contribution < 1.29 is 23.3 Å². The van der Waals surface area contributed by atoms with Crippen molar-refractivity contribution in [1.29, 1.82) is 0 Å². The van der Waals surface area contributed by atoms with Crippen molar-refractivity contribution in [3.63, 3.8) is 0 Å². The molecule has 0 bridgehead atoms. The maximum absolute atomic E-state index is 12.2. The highest BCUT2D eigenvalue weighted by atomic mass is 31.2. The van der Waals surface area contributed by atoms with Crippen LogP contribution in [0.1, 0.15) is 10.4 Å². The molecule has 0 spiro atoms. The lowest BCUT2D eigenvalue weighted by atomic mass is 10.1. The summed E-state index contributed by atoms with van der Waals surface area (Å²) in [6.07, 6.45) is 0. The van der Waals surface area contributed by atoms with Crippen LogP contribution in [-0.4, -0.2) is 24.0 Å². The summed E-state index contributed by atoms with van der Waals surface area (Å²) in [4.78, 5) is 21.9. The molecule has 0 saturated heterocycles. The summed E-state index contributed by atoms with van der Waals surface area (Å²) in [6.45, 7) is 0.845. The molecule has 8 heteroatoms. The Bertz CT molecular complexity index is 744. The molecule has 0 unspecified atom stereocenters. The molecule has 0 aromatic heterocycles. The highest BCUT2D eigenvalue weighted by molar-refractivity contribution is 7.53. The Kier molecular flexibility index (Phi) is 5.26. The number of rotatable bonds is 7. The van der Waals surface area contributed by atoms with Crippen molar-refractivity contribution in [2.75, 3.05) is 13.3 Å². The number of carbonyl (C=O) groups excluding carboxylic acids is 1. The van der Waals surface area contributed by atoms with Gasteiger partial charge in [0.1, 0.15) is 12.4 Å². The second-order valence-corrected chi connectivity index (χ2v) is 6.66. The van der Waals surface area contributed by atoms with E-state index in [1.165, 1.54) is 30.9 Å². The normalized spacial score (nSPS) is 13.1. The number of non-ortho nitro benzene ring substituents is 1. The first-order chi connectivity index (χ1) is 10.9.